The highest BCUT2D eigenvalue weighted by Gasteiger charge is 2.30. The van der Waals surface area contributed by atoms with Crippen molar-refractivity contribution in [1.82, 2.24) is 14.8 Å². The van der Waals surface area contributed by atoms with E-state index in [0.717, 1.165) is 31.8 Å². The summed E-state index contributed by atoms with van der Waals surface area (Å²) in [4.78, 5) is 13.4. The monoisotopic (exact) mass is 345 g/mol. The topological polar surface area (TPSA) is 86.3 Å². The van der Waals surface area contributed by atoms with E-state index in [4.69, 9.17) is 4.74 Å². The molecule has 0 bridgehead atoms. The molecule has 1 aliphatic heterocycles. The van der Waals surface area contributed by atoms with E-state index in [9.17, 15) is 10.1 Å². The molecule has 1 aliphatic rings. The van der Waals surface area contributed by atoms with Crippen LogP contribution in [0, 0.1) is 10.1 Å². The van der Waals surface area contributed by atoms with Crippen molar-refractivity contribution in [2.75, 3.05) is 24.6 Å². The van der Waals surface area contributed by atoms with Gasteiger partial charge in [0.2, 0.25) is 0 Å². The molecule has 8 heteroatoms. The van der Waals surface area contributed by atoms with Crippen molar-refractivity contribution in [2.24, 2.45) is 0 Å². The highest BCUT2D eigenvalue weighted by Crippen LogP contribution is 2.39. The molecule has 134 valence electrons. The third-order valence-corrected chi connectivity index (χ3v) is 4.57. The first-order valence-electron chi connectivity index (χ1n) is 8.68. The van der Waals surface area contributed by atoms with Gasteiger partial charge in [-0.2, -0.15) is 0 Å². The van der Waals surface area contributed by atoms with Gasteiger partial charge in [0.15, 0.2) is 5.75 Å². The van der Waals surface area contributed by atoms with Gasteiger partial charge in [-0.25, -0.2) is 0 Å². The Morgan fingerprint density at radius 1 is 1.40 bits per heavy atom. The normalized spacial score (nSPS) is 17.5. The summed E-state index contributed by atoms with van der Waals surface area (Å²) >= 11 is 0. The van der Waals surface area contributed by atoms with Crippen LogP contribution in [0.15, 0.2) is 24.5 Å². The van der Waals surface area contributed by atoms with E-state index < -0.39 is 0 Å². The number of anilines is 1. The summed E-state index contributed by atoms with van der Waals surface area (Å²) in [5, 5.41) is 19.9. The second kappa shape index (κ2) is 7.50. The highest BCUT2D eigenvalue weighted by atomic mass is 16.6. The fourth-order valence-corrected chi connectivity index (χ4v) is 3.45. The van der Waals surface area contributed by atoms with Crippen molar-refractivity contribution in [1.29, 1.82) is 0 Å². The van der Waals surface area contributed by atoms with Crippen LogP contribution < -0.4 is 9.64 Å². The number of ether oxygens (including phenoxy) is 1. The zero-order valence-corrected chi connectivity index (χ0v) is 14.6. The van der Waals surface area contributed by atoms with Crippen LogP contribution in [-0.2, 0) is 6.54 Å². The molecule has 25 heavy (non-hydrogen) atoms. The number of aromatic nitrogens is 3. The van der Waals surface area contributed by atoms with Crippen LogP contribution in [0.2, 0.25) is 0 Å². The van der Waals surface area contributed by atoms with Crippen molar-refractivity contribution < 1.29 is 9.66 Å². The van der Waals surface area contributed by atoms with Gasteiger partial charge in [-0.1, -0.05) is 6.07 Å². The number of aryl methyl sites for hydroxylation is 1. The summed E-state index contributed by atoms with van der Waals surface area (Å²) < 4.78 is 7.51. The zero-order chi connectivity index (χ0) is 17.8. The minimum Gasteiger partial charge on any atom is -0.487 e. The molecule has 0 amide bonds. The Morgan fingerprint density at radius 3 is 2.96 bits per heavy atom. The molecule has 0 radical (unpaired) electrons. The molecule has 2 heterocycles. The van der Waals surface area contributed by atoms with Gasteiger partial charge in [-0.3, -0.25) is 10.1 Å². The van der Waals surface area contributed by atoms with Gasteiger partial charge >= 0.3 is 5.69 Å². The van der Waals surface area contributed by atoms with E-state index in [-0.39, 0.29) is 16.5 Å². The van der Waals surface area contributed by atoms with Crippen molar-refractivity contribution in [3.05, 3.63) is 40.5 Å². The van der Waals surface area contributed by atoms with E-state index in [1.807, 2.05) is 17.6 Å². The summed E-state index contributed by atoms with van der Waals surface area (Å²) in [6.45, 7) is 6.57. The minimum atomic E-state index is -0.349. The maximum atomic E-state index is 11.6. The Bertz CT molecular complexity index is 746. The second-order valence-electron chi connectivity index (χ2n) is 6.07. The molecular weight excluding hydrogens is 322 g/mol. The van der Waals surface area contributed by atoms with Gasteiger partial charge in [0.1, 0.15) is 17.8 Å². The molecule has 1 aromatic heterocycles. The lowest BCUT2D eigenvalue weighted by atomic mass is 9.96. The van der Waals surface area contributed by atoms with E-state index >= 15 is 0 Å². The predicted octanol–water partition coefficient (Wildman–Crippen LogP) is 2.99. The molecule has 3 rings (SSSR count). The van der Waals surface area contributed by atoms with Crippen LogP contribution in [0.1, 0.15) is 38.4 Å². The molecule has 0 spiro atoms. The van der Waals surface area contributed by atoms with Gasteiger partial charge < -0.3 is 14.2 Å². The summed E-state index contributed by atoms with van der Waals surface area (Å²) in [5.74, 6) is 1.49. The average molecular weight is 345 g/mol. The van der Waals surface area contributed by atoms with Gasteiger partial charge in [0.05, 0.1) is 11.5 Å². The van der Waals surface area contributed by atoms with E-state index in [2.05, 4.69) is 22.0 Å². The number of nitro benzene ring substituents is 1. The average Bonchev–Trinajstić information content (AvgIpc) is 3.10. The van der Waals surface area contributed by atoms with Gasteiger partial charge in [0.25, 0.3) is 0 Å². The molecule has 0 aliphatic carbocycles. The van der Waals surface area contributed by atoms with E-state index in [1.54, 1.807) is 18.5 Å². The lowest BCUT2D eigenvalue weighted by Gasteiger charge is -2.33. The van der Waals surface area contributed by atoms with Crippen LogP contribution >= 0.6 is 0 Å². The molecule has 0 unspecified atom stereocenters. The largest absolute Gasteiger partial charge is 0.487 e. The number of nitro groups is 1. The number of nitrogens with zero attached hydrogens (tertiary/aromatic N) is 5. The number of hydrogen-bond donors (Lipinski definition) is 0. The predicted molar refractivity (Wildman–Crippen MR) is 94.1 cm³/mol. The van der Waals surface area contributed by atoms with Crippen molar-refractivity contribution in [2.45, 2.75) is 39.2 Å². The maximum Gasteiger partial charge on any atom is 0.333 e. The smallest absolute Gasteiger partial charge is 0.333 e. The van der Waals surface area contributed by atoms with Crippen molar-refractivity contribution in [3.63, 3.8) is 0 Å². The SMILES string of the molecule is CCOc1cccc(N2CCC[C@H](c3nncn3CC)C2)c1[N+](=O)[O-]. The molecule has 1 atom stereocenters. The lowest BCUT2D eigenvalue weighted by Crippen LogP contribution is -2.35. The fourth-order valence-electron chi connectivity index (χ4n) is 3.45. The van der Waals surface area contributed by atoms with Crippen LogP contribution in [0.5, 0.6) is 5.75 Å². The molecular formula is C17H23N5O3. The fraction of sp³-hybridized carbons (Fsp3) is 0.529. The Balaban J connectivity index is 1.91. The number of para-hydroxylation sites is 1. The summed E-state index contributed by atoms with van der Waals surface area (Å²) in [7, 11) is 0. The van der Waals surface area contributed by atoms with Crippen LogP contribution in [-0.4, -0.2) is 39.4 Å². The molecule has 0 N–H and O–H groups in total. The van der Waals surface area contributed by atoms with E-state index in [1.165, 1.54) is 0 Å². The van der Waals surface area contributed by atoms with Crippen LogP contribution in [0.25, 0.3) is 0 Å². The molecule has 8 nitrogen and oxygen atoms in total. The summed E-state index contributed by atoms with van der Waals surface area (Å²) in [6.07, 6.45) is 3.71. The Labute approximate surface area is 146 Å². The van der Waals surface area contributed by atoms with Crippen LogP contribution in [0.4, 0.5) is 11.4 Å². The summed E-state index contributed by atoms with van der Waals surface area (Å²) in [6, 6.07) is 5.26. The molecule has 1 fully saturated rings. The zero-order valence-electron chi connectivity index (χ0n) is 14.6. The first-order valence-corrected chi connectivity index (χ1v) is 8.68. The molecule has 2 aromatic rings. The van der Waals surface area contributed by atoms with Gasteiger partial charge in [-0.05, 0) is 38.8 Å². The Hall–Kier alpha value is -2.64. The van der Waals surface area contributed by atoms with Gasteiger partial charge in [0, 0.05) is 25.6 Å². The molecule has 0 saturated carbocycles. The number of hydrogen-bond acceptors (Lipinski definition) is 6. The van der Waals surface area contributed by atoms with Crippen molar-refractivity contribution in [3.8, 4) is 5.75 Å². The first-order chi connectivity index (χ1) is 12.2. The summed E-state index contributed by atoms with van der Waals surface area (Å²) in [5.41, 5.74) is 0.658. The maximum absolute atomic E-state index is 11.6. The third kappa shape index (κ3) is 3.42. The Morgan fingerprint density at radius 2 is 2.24 bits per heavy atom. The third-order valence-electron chi connectivity index (χ3n) is 4.57. The number of rotatable bonds is 6. The lowest BCUT2D eigenvalue weighted by molar-refractivity contribution is -0.385. The van der Waals surface area contributed by atoms with Gasteiger partial charge in [-0.15, -0.1) is 10.2 Å². The Kier molecular flexibility index (Phi) is 5.16. The number of piperidine rings is 1. The standard InChI is InChI=1S/C17H23N5O3/c1-3-20-12-18-19-17(20)13-7-6-10-21(11-13)14-8-5-9-15(25-4-2)16(14)22(23)24/h5,8-9,12-13H,3-4,6-7,10-11H2,1-2H3/t13-/m0/s1. The molecule has 1 saturated heterocycles. The second-order valence-corrected chi connectivity index (χ2v) is 6.07. The quantitative estimate of drug-likeness (QED) is 0.591. The first kappa shape index (κ1) is 17.2. The van der Waals surface area contributed by atoms with Crippen molar-refractivity contribution >= 4 is 11.4 Å². The minimum absolute atomic E-state index is 0.0435. The number of benzene rings is 1. The molecule has 1 aromatic carbocycles. The van der Waals surface area contributed by atoms with E-state index in [0.29, 0.717) is 24.6 Å². The highest BCUT2D eigenvalue weighted by molar-refractivity contribution is 5.70. The van der Waals surface area contributed by atoms with Crippen LogP contribution in [0.3, 0.4) is 0 Å².